The number of phenols is 1. The van der Waals surface area contributed by atoms with Crippen LogP contribution in [0.15, 0.2) is 23.1 Å². The van der Waals surface area contributed by atoms with E-state index in [0.717, 1.165) is 18.2 Å². The maximum Gasteiger partial charge on any atom is 1.00 e. The van der Waals surface area contributed by atoms with Gasteiger partial charge in [0.1, 0.15) is 0 Å². The number of hydrogen-bond acceptors (Lipinski definition) is 3. The summed E-state index contributed by atoms with van der Waals surface area (Å²) in [7, 11) is -4.19. The molecule has 1 aromatic rings. The molecule has 0 spiro atoms. The fourth-order valence-corrected chi connectivity index (χ4v) is 1.25. The number of rotatable bonds is 1. The first-order chi connectivity index (χ1) is 5.41. The zero-order valence-electron chi connectivity index (χ0n) is 7.06. The Labute approximate surface area is 119 Å². The zero-order valence-corrected chi connectivity index (χ0v) is 11.0. The predicted octanol–water partition coefficient (Wildman–Crippen LogP) is -2.17. The molecule has 0 aliphatic rings. The summed E-state index contributed by atoms with van der Waals surface area (Å²) in [6, 6.07) is 3.34. The molecule has 0 aromatic heterocycles. The second kappa shape index (κ2) is 4.79. The number of hydrogen-bond donors (Lipinski definition) is 2. The predicted molar refractivity (Wildman–Crippen MR) is 42.4 cm³/mol. The molecule has 0 unspecified atom stereocenters. The van der Waals surface area contributed by atoms with Gasteiger partial charge in [0, 0.05) is 10.6 Å². The molecule has 13 heavy (non-hydrogen) atoms. The molecule has 1 aromatic carbocycles. The Morgan fingerprint density at radius 1 is 1.31 bits per heavy atom. The van der Waals surface area contributed by atoms with E-state index in [1.807, 2.05) is 0 Å². The van der Waals surface area contributed by atoms with E-state index in [9.17, 15) is 8.42 Å². The topological polar surface area (TPSA) is 74.6 Å². The summed E-state index contributed by atoms with van der Waals surface area (Å²) < 4.78 is 29.7. The van der Waals surface area contributed by atoms with Gasteiger partial charge in [0.15, 0.2) is 0 Å². The van der Waals surface area contributed by atoms with Crippen molar-refractivity contribution in [2.24, 2.45) is 0 Å². The van der Waals surface area contributed by atoms with Crippen LogP contribution in [0.5, 0.6) is 5.75 Å². The van der Waals surface area contributed by atoms with Crippen LogP contribution in [0.4, 0.5) is 0 Å². The Morgan fingerprint density at radius 3 is 2.23 bits per heavy atom. The van der Waals surface area contributed by atoms with Crippen LogP contribution in [0.2, 0.25) is 0 Å². The van der Waals surface area contributed by atoms with Crippen molar-refractivity contribution in [3.8, 4) is 5.75 Å². The van der Waals surface area contributed by atoms with Gasteiger partial charge in [-0.3, -0.25) is 4.55 Å². The molecule has 0 heterocycles. The molecule has 0 saturated carbocycles. The molecule has 66 valence electrons. The van der Waals surface area contributed by atoms with E-state index in [1.165, 1.54) is 0 Å². The third-order valence-corrected chi connectivity index (χ3v) is 2.20. The van der Waals surface area contributed by atoms with Gasteiger partial charge in [-0.15, -0.1) is 6.07 Å². The normalized spacial score (nSPS) is 10.5. The maximum absolute atomic E-state index is 10.5. The minimum atomic E-state index is -4.19. The van der Waals surface area contributed by atoms with Crippen LogP contribution in [-0.2, 0) is 10.1 Å². The molecular formula is C7H7KO4S. The molecule has 2 N–H and O–H groups in total. The Bertz CT molecular complexity index is 399. The summed E-state index contributed by atoms with van der Waals surface area (Å²) in [6.07, 6.45) is 0. The van der Waals surface area contributed by atoms with Crippen LogP contribution in [-0.4, -0.2) is 18.1 Å². The summed E-state index contributed by atoms with van der Waals surface area (Å²) in [5, 5.41) is 8.97. The van der Waals surface area contributed by atoms with Gasteiger partial charge in [-0.05, 0) is 0 Å². The molecule has 4 nitrogen and oxygen atoms in total. The molecule has 0 amide bonds. The molecule has 0 atom stereocenters. The molecule has 0 bridgehead atoms. The average Bonchev–Trinajstić information content (AvgIpc) is 1.92. The molecule has 0 aliphatic heterocycles. The van der Waals surface area contributed by atoms with Gasteiger partial charge in [0.05, 0.1) is 0 Å². The largest absolute Gasteiger partial charge is 1.00 e. The van der Waals surface area contributed by atoms with Gasteiger partial charge in [-0.25, -0.2) is 0 Å². The zero-order chi connectivity index (χ0) is 9.35. The van der Waals surface area contributed by atoms with E-state index in [1.54, 1.807) is 0 Å². The van der Waals surface area contributed by atoms with Crippen molar-refractivity contribution in [3.05, 3.63) is 30.7 Å². The smallest absolute Gasteiger partial charge is 0.565 e. The van der Waals surface area contributed by atoms with Crippen molar-refractivity contribution in [3.63, 3.8) is 0 Å². The Kier molecular flexibility index (Phi) is 4.95. The molecule has 0 fully saturated rings. The van der Waals surface area contributed by atoms with Crippen molar-refractivity contribution in [2.45, 2.75) is 4.90 Å². The van der Waals surface area contributed by atoms with Crippen LogP contribution in [0, 0.1) is 6.92 Å². The summed E-state index contributed by atoms with van der Waals surface area (Å²) in [4.78, 5) is -0.273. The molecular weight excluding hydrogens is 219 g/mol. The van der Waals surface area contributed by atoms with Gasteiger partial charge in [0.25, 0.3) is 10.1 Å². The van der Waals surface area contributed by atoms with E-state index in [0.29, 0.717) is 0 Å². The first-order valence-corrected chi connectivity index (χ1v) is 4.48. The SMILES string of the molecule is [CH2-]c1cc(S(=O)(=O)O)ccc1O.[K+]. The Morgan fingerprint density at radius 2 is 1.85 bits per heavy atom. The van der Waals surface area contributed by atoms with E-state index in [-0.39, 0.29) is 67.6 Å². The van der Waals surface area contributed by atoms with Gasteiger partial charge in [-0.2, -0.15) is 20.9 Å². The van der Waals surface area contributed by atoms with Gasteiger partial charge >= 0.3 is 51.4 Å². The van der Waals surface area contributed by atoms with Crippen molar-refractivity contribution < 1.29 is 69.5 Å². The monoisotopic (exact) mass is 226 g/mol. The van der Waals surface area contributed by atoms with E-state index in [2.05, 4.69) is 6.92 Å². The van der Waals surface area contributed by atoms with Crippen LogP contribution < -0.4 is 51.4 Å². The van der Waals surface area contributed by atoms with E-state index >= 15 is 0 Å². The Hall–Kier alpha value is 0.436. The molecule has 0 saturated heterocycles. The first-order valence-electron chi connectivity index (χ1n) is 3.04. The Balaban J connectivity index is 0.00000144. The third-order valence-electron chi connectivity index (χ3n) is 1.35. The summed E-state index contributed by atoms with van der Waals surface area (Å²) in [6.45, 7) is 3.37. The standard InChI is InChI=1S/C7H7O4S.K/c1-5-4-6(12(9,10)11)2-3-7(5)8;/h2-4,8H,1H2,(H,9,10,11);/q-1;+1. The quantitative estimate of drug-likeness (QED) is 0.324. The second-order valence-corrected chi connectivity index (χ2v) is 3.69. The number of aromatic hydroxyl groups is 1. The second-order valence-electron chi connectivity index (χ2n) is 2.27. The third kappa shape index (κ3) is 3.59. The molecule has 1 rings (SSSR count). The van der Waals surface area contributed by atoms with Crippen molar-refractivity contribution in [1.82, 2.24) is 0 Å². The molecule has 6 heteroatoms. The van der Waals surface area contributed by atoms with Crippen molar-refractivity contribution in [2.75, 3.05) is 0 Å². The van der Waals surface area contributed by atoms with Crippen LogP contribution in [0.25, 0.3) is 0 Å². The molecule has 0 aliphatic carbocycles. The summed E-state index contributed by atoms with van der Waals surface area (Å²) in [5.74, 6) is -0.109. The van der Waals surface area contributed by atoms with E-state index < -0.39 is 10.1 Å². The minimum absolute atomic E-state index is 0. The number of phenolic OH excluding ortho intramolecular Hbond substituents is 1. The van der Waals surface area contributed by atoms with Crippen LogP contribution in [0.1, 0.15) is 5.56 Å². The van der Waals surface area contributed by atoms with Crippen molar-refractivity contribution in [1.29, 1.82) is 0 Å². The molecule has 0 radical (unpaired) electrons. The maximum atomic E-state index is 10.5. The fourth-order valence-electron chi connectivity index (χ4n) is 0.722. The minimum Gasteiger partial charge on any atom is -0.565 e. The summed E-state index contributed by atoms with van der Waals surface area (Å²) >= 11 is 0. The van der Waals surface area contributed by atoms with Gasteiger partial charge in [-0.1, -0.05) is 12.1 Å². The number of benzene rings is 1. The summed E-state index contributed by atoms with van der Waals surface area (Å²) in [5.41, 5.74) is 0.158. The van der Waals surface area contributed by atoms with Crippen LogP contribution >= 0.6 is 0 Å². The fraction of sp³-hybridized carbons (Fsp3) is 0. The van der Waals surface area contributed by atoms with Gasteiger partial charge in [0.2, 0.25) is 0 Å². The van der Waals surface area contributed by atoms with Crippen molar-refractivity contribution >= 4 is 10.1 Å². The average molecular weight is 226 g/mol. The first kappa shape index (κ1) is 13.4. The van der Waals surface area contributed by atoms with Crippen LogP contribution in [0.3, 0.4) is 0 Å². The van der Waals surface area contributed by atoms with Gasteiger partial charge < -0.3 is 5.11 Å². The van der Waals surface area contributed by atoms with E-state index in [4.69, 9.17) is 9.66 Å².